The van der Waals surface area contributed by atoms with E-state index in [1.54, 1.807) is 0 Å². The molecule has 4 nitrogen and oxygen atoms in total. The zero-order valence-electron chi connectivity index (χ0n) is 37.4. The van der Waals surface area contributed by atoms with Crippen molar-refractivity contribution in [3.8, 4) is 67.5 Å². The van der Waals surface area contributed by atoms with Crippen LogP contribution >= 0.6 is 0 Å². The Kier molecular flexibility index (Phi) is 9.35. The lowest BCUT2D eigenvalue weighted by molar-refractivity contribution is 1.16. The SMILES string of the molecule is Cc1ccc(-c2cc(-c3ccc(-c4cc(C)c(-c5ccc(-n6c7ccccc7c7cc(-n8c9ccccc9c9ccccc98)ccc76)cc5)cc4C)cc3)nc(-c3ccc(C)cc3)n2)cc1. The first kappa shape index (κ1) is 39.3. The van der Waals surface area contributed by atoms with Crippen LogP contribution in [0.25, 0.3) is 111 Å². The molecule has 0 spiro atoms. The molecule has 0 saturated carbocycles. The second-order valence-corrected chi connectivity index (χ2v) is 17.7. The summed E-state index contributed by atoms with van der Waals surface area (Å²) < 4.78 is 4.81. The minimum absolute atomic E-state index is 0.724. The van der Waals surface area contributed by atoms with E-state index in [-0.39, 0.29) is 0 Å². The topological polar surface area (TPSA) is 35.6 Å². The molecule has 12 rings (SSSR count). The molecule has 3 aromatic heterocycles. The Morgan fingerprint density at radius 1 is 0.303 bits per heavy atom. The van der Waals surface area contributed by atoms with Crippen LogP contribution in [0.3, 0.4) is 0 Å². The van der Waals surface area contributed by atoms with Crippen LogP contribution in [0.2, 0.25) is 0 Å². The standard InChI is InChI=1S/C62H46N4/c1-39-17-21-45(22-18-39)56-38-57(64-62(63-56)47-23-19-40(2)20-24-47)46-27-25-43(26-28-46)53-35-42(4)54(36-41(53)3)44-29-31-48(32-30-44)65-60-16-10-7-13-52(60)55-37-49(33-34-61(55)65)66-58-14-8-5-11-50(58)51-12-6-9-15-59(51)66/h5-38H,1-4H3. The maximum atomic E-state index is 5.10. The van der Waals surface area contributed by atoms with Crippen LogP contribution in [0, 0.1) is 27.7 Å². The first-order valence-electron chi connectivity index (χ1n) is 22.7. The van der Waals surface area contributed by atoms with Gasteiger partial charge in [-0.1, -0.05) is 163 Å². The lowest BCUT2D eigenvalue weighted by Gasteiger charge is -2.15. The molecule has 0 atom stereocenters. The second-order valence-electron chi connectivity index (χ2n) is 17.7. The molecule has 0 aliphatic heterocycles. The van der Waals surface area contributed by atoms with Crippen molar-refractivity contribution in [3.05, 3.63) is 229 Å². The lowest BCUT2D eigenvalue weighted by Crippen LogP contribution is -1.96. The van der Waals surface area contributed by atoms with Crippen LogP contribution in [-0.2, 0) is 0 Å². The second kappa shape index (κ2) is 15.7. The van der Waals surface area contributed by atoms with E-state index in [4.69, 9.17) is 9.97 Å². The number of hydrogen-bond donors (Lipinski definition) is 0. The maximum absolute atomic E-state index is 5.10. The van der Waals surface area contributed by atoms with Gasteiger partial charge in [0.05, 0.1) is 33.5 Å². The van der Waals surface area contributed by atoms with Crippen molar-refractivity contribution in [2.75, 3.05) is 0 Å². The number of aromatic nitrogens is 4. The summed E-state index contributed by atoms with van der Waals surface area (Å²) in [6.07, 6.45) is 0. The average molecular weight is 847 g/mol. The summed E-state index contributed by atoms with van der Waals surface area (Å²) in [7, 11) is 0. The molecular formula is C62H46N4. The molecule has 314 valence electrons. The average Bonchev–Trinajstić information content (AvgIpc) is 3.87. The van der Waals surface area contributed by atoms with Gasteiger partial charge < -0.3 is 9.13 Å². The van der Waals surface area contributed by atoms with Crippen molar-refractivity contribution >= 4 is 43.6 Å². The van der Waals surface area contributed by atoms with Gasteiger partial charge in [0, 0.05) is 49.6 Å². The van der Waals surface area contributed by atoms with E-state index in [1.807, 2.05) is 0 Å². The maximum Gasteiger partial charge on any atom is 0.160 e. The number of para-hydroxylation sites is 3. The fourth-order valence-corrected chi connectivity index (χ4v) is 9.93. The Hall–Kier alpha value is -8.34. The van der Waals surface area contributed by atoms with E-state index < -0.39 is 0 Å². The molecule has 3 heterocycles. The van der Waals surface area contributed by atoms with Gasteiger partial charge in [0.25, 0.3) is 0 Å². The third-order valence-electron chi connectivity index (χ3n) is 13.4. The van der Waals surface area contributed by atoms with Crippen molar-refractivity contribution in [2.45, 2.75) is 27.7 Å². The molecule has 4 heteroatoms. The zero-order valence-corrected chi connectivity index (χ0v) is 37.4. The molecule has 0 N–H and O–H groups in total. The molecule has 0 saturated heterocycles. The Bertz CT molecular complexity index is 3700. The number of benzene rings is 9. The van der Waals surface area contributed by atoms with Crippen molar-refractivity contribution in [1.82, 2.24) is 19.1 Å². The third-order valence-corrected chi connectivity index (χ3v) is 13.4. The van der Waals surface area contributed by atoms with Gasteiger partial charge in [0.1, 0.15) is 0 Å². The van der Waals surface area contributed by atoms with Gasteiger partial charge in [-0.15, -0.1) is 0 Å². The van der Waals surface area contributed by atoms with Crippen molar-refractivity contribution < 1.29 is 0 Å². The summed E-state index contributed by atoms with van der Waals surface area (Å²) >= 11 is 0. The van der Waals surface area contributed by atoms with Gasteiger partial charge in [-0.25, -0.2) is 9.97 Å². The minimum Gasteiger partial charge on any atom is -0.309 e. The first-order valence-corrected chi connectivity index (χ1v) is 22.7. The van der Waals surface area contributed by atoms with Crippen LogP contribution in [0.4, 0.5) is 0 Å². The molecule has 0 unspecified atom stereocenters. The van der Waals surface area contributed by atoms with Crippen LogP contribution in [-0.4, -0.2) is 19.1 Å². The lowest BCUT2D eigenvalue weighted by atomic mass is 9.91. The summed E-state index contributed by atoms with van der Waals surface area (Å²) in [5.41, 5.74) is 21.8. The van der Waals surface area contributed by atoms with Gasteiger partial charge in [-0.2, -0.15) is 0 Å². The van der Waals surface area contributed by atoms with E-state index in [2.05, 4.69) is 243 Å². The van der Waals surface area contributed by atoms with Crippen LogP contribution in [0.5, 0.6) is 0 Å². The zero-order chi connectivity index (χ0) is 44.5. The minimum atomic E-state index is 0.724. The summed E-state index contributed by atoms with van der Waals surface area (Å²) in [6, 6.07) is 74.8. The van der Waals surface area contributed by atoms with Crippen LogP contribution in [0.15, 0.2) is 206 Å². The van der Waals surface area contributed by atoms with Crippen LogP contribution in [0.1, 0.15) is 22.3 Å². The molecular weight excluding hydrogens is 801 g/mol. The summed E-state index contributed by atoms with van der Waals surface area (Å²) in [5.74, 6) is 0.724. The van der Waals surface area contributed by atoms with Gasteiger partial charge in [0.2, 0.25) is 0 Å². The number of hydrogen-bond acceptors (Lipinski definition) is 2. The van der Waals surface area contributed by atoms with E-state index >= 15 is 0 Å². The normalized spacial score (nSPS) is 11.6. The fraction of sp³-hybridized carbons (Fsp3) is 0.0645. The quantitative estimate of drug-likeness (QED) is 0.160. The molecule has 0 bridgehead atoms. The fourth-order valence-electron chi connectivity index (χ4n) is 9.93. The molecule has 0 aliphatic carbocycles. The Morgan fingerprint density at radius 3 is 1.20 bits per heavy atom. The third kappa shape index (κ3) is 6.69. The largest absolute Gasteiger partial charge is 0.309 e. The highest BCUT2D eigenvalue weighted by atomic mass is 15.0. The van der Waals surface area contributed by atoms with E-state index in [0.717, 1.165) is 45.3 Å². The molecule has 0 amide bonds. The van der Waals surface area contributed by atoms with Gasteiger partial charge in [-0.05, 0) is 116 Å². The van der Waals surface area contributed by atoms with Gasteiger partial charge >= 0.3 is 0 Å². The van der Waals surface area contributed by atoms with Crippen molar-refractivity contribution in [3.63, 3.8) is 0 Å². The molecule has 12 aromatic rings. The van der Waals surface area contributed by atoms with Crippen molar-refractivity contribution in [2.24, 2.45) is 0 Å². The monoisotopic (exact) mass is 846 g/mol. The summed E-state index contributed by atoms with van der Waals surface area (Å²) in [6.45, 7) is 8.66. The Labute approximate surface area is 384 Å². The van der Waals surface area contributed by atoms with E-state index in [1.165, 1.54) is 88.1 Å². The number of nitrogens with zero attached hydrogens (tertiary/aromatic N) is 4. The van der Waals surface area contributed by atoms with Gasteiger partial charge in [0.15, 0.2) is 5.82 Å². The van der Waals surface area contributed by atoms with Crippen molar-refractivity contribution in [1.29, 1.82) is 0 Å². The highest BCUT2D eigenvalue weighted by molar-refractivity contribution is 6.12. The predicted octanol–water partition coefficient (Wildman–Crippen LogP) is 16.2. The smallest absolute Gasteiger partial charge is 0.160 e. The Morgan fingerprint density at radius 2 is 0.682 bits per heavy atom. The molecule has 66 heavy (non-hydrogen) atoms. The summed E-state index contributed by atoms with van der Waals surface area (Å²) in [5, 5.41) is 5.01. The molecule has 0 aliphatic rings. The number of aryl methyl sites for hydroxylation is 4. The highest BCUT2D eigenvalue weighted by Crippen LogP contribution is 2.39. The highest BCUT2D eigenvalue weighted by Gasteiger charge is 2.18. The first-order chi connectivity index (χ1) is 32.3. The van der Waals surface area contributed by atoms with Gasteiger partial charge in [-0.3, -0.25) is 0 Å². The molecule has 0 fully saturated rings. The molecule has 9 aromatic carbocycles. The number of rotatable bonds is 7. The van der Waals surface area contributed by atoms with E-state index in [9.17, 15) is 0 Å². The summed E-state index contributed by atoms with van der Waals surface area (Å²) in [4.78, 5) is 10.1. The predicted molar refractivity (Wildman–Crippen MR) is 277 cm³/mol. The molecule has 0 radical (unpaired) electrons. The van der Waals surface area contributed by atoms with Crippen LogP contribution < -0.4 is 0 Å². The number of fused-ring (bicyclic) bond motifs is 6. The van der Waals surface area contributed by atoms with E-state index in [0.29, 0.717) is 0 Å². The Balaban J connectivity index is 0.861.